The van der Waals surface area contributed by atoms with Gasteiger partial charge in [-0.3, -0.25) is 4.79 Å². The quantitative estimate of drug-likeness (QED) is 0.189. The molecule has 1 fully saturated rings. The normalized spacial score (nSPS) is 20.9. The van der Waals surface area contributed by atoms with Crippen molar-refractivity contribution in [2.24, 2.45) is 5.92 Å². The van der Waals surface area contributed by atoms with Gasteiger partial charge in [-0.05, 0) is 82.3 Å². The summed E-state index contributed by atoms with van der Waals surface area (Å²) in [5, 5.41) is 11.1. The van der Waals surface area contributed by atoms with Crippen LogP contribution < -0.4 is 9.92 Å². The van der Waals surface area contributed by atoms with Crippen molar-refractivity contribution in [2.45, 2.75) is 63.6 Å². The van der Waals surface area contributed by atoms with E-state index in [2.05, 4.69) is 79.0 Å². The Labute approximate surface area is 254 Å². The van der Waals surface area contributed by atoms with Crippen LogP contribution in [0.2, 0.25) is 18.6 Å². The number of halogens is 1. The molecule has 1 aliphatic heterocycles. The number of rotatable bonds is 12. The summed E-state index contributed by atoms with van der Waals surface area (Å²) in [7, 11) is -0.371. The van der Waals surface area contributed by atoms with Crippen molar-refractivity contribution in [2.75, 3.05) is 20.3 Å². The number of methoxy groups -OCH3 is 1. The summed E-state index contributed by atoms with van der Waals surface area (Å²) in [6, 6.07) is 27.1. The molecule has 1 aliphatic rings. The van der Waals surface area contributed by atoms with E-state index in [1.165, 1.54) is 14.3 Å². The molecule has 1 amide bonds. The van der Waals surface area contributed by atoms with Crippen LogP contribution in [0.3, 0.4) is 0 Å². The molecule has 3 aromatic carbocycles. The van der Waals surface area contributed by atoms with Gasteiger partial charge in [-0.1, -0.05) is 79.8 Å². The van der Waals surface area contributed by atoms with Crippen molar-refractivity contribution in [3.63, 3.8) is 0 Å². The minimum Gasteiger partial charge on any atom is -0.497 e. The highest BCUT2D eigenvalue weighted by Gasteiger charge is 2.51. The van der Waals surface area contributed by atoms with Crippen LogP contribution in [0.25, 0.3) is 0 Å². The van der Waals surface area contributed by atoms with E-state index in [9.17, 15) is 9.90 Å². The third-order valence-corrected chi connectivity index (χ3v) is 13.5. The van der Waals surface area contributed by atoms with Crippen molar-refractivity contribution in [1.29, 1.82) is 0 Å². The average molecular weight is 672 g/mol. The van der Waals surface area contributed by atoms with Crippen LogP contribution in [0.5, 0.6) is 5.75 Å². The predicted molar refractivity (Wildman–Crippen MR) is 173 cm³/mol. The molecule has 0 bridgehead atoms. The van der Waals surface area contributed by atoms with Crippen LogP contribution in [-0.2, 0) is 22.5 Å². The van der Waals surface area contributed by atoms with E-state index < -0.39 is 8.07 Å². The van der Waals surface area contributed by atoms with Crippen LogP contribution in [0.1, 0.15) is 30.9 Å². The Morgan fingerprint density at radius 3 is 2.35 bits per heavy atom. The Hall–Kier alpha value is -2.20. The zero-order valence-corrected chi connectivity index (χ0v) is 27.2. The fraction of sp³-hybridized carbons (Fsp3) is 0.424. The molecule has 0 aliphatic carbocycles. The maximum absolute atomic E-state index is 13.7. The highest BCUT2D eigenvalue weighted by Crippen LogP contribution is 2.46. The maximum atomic E-state index is 13.7. The average Bonchev–Trinajstić information content (AvgIpc) is 3.27. The zero-order chi connectivity index (χ0) is 28.7. The molecular formula is C33H42INO4Si. The second-order valence-electron chi connectivity index (χ2n) is 11.4. The molecule has 3 aromatic rings. The lowest BCUT2D eigenvalue weighted by molar-refractivity contribution is -0.135. The molecule has 214 valence electrons. The van der Waals surface area contributed by atoms with Crippen molar-refractivity contribution >= 4 is 41.8 Å². The van der Waals surface area contributed by atoms with Crippen LogP contribution in [-0.4, -0.2) is 56.5 Å². The lowest BCUT2D eigenvalue weighted by atomic mass is 9.95. The van der Waals surface area contributed by atoms with E-state index in [0.717, 1.165) is 24.2 Å². The molecule has 5 nitrogen and oxygen atoms in total. The number of hydrogen-bond acceptors (Lipinski definition) is 4. The molecule has 4 rings (SSSR count). The molecule has 4 atom stereocenters. The molecule has 1 heterocycles. The Balaban J connectivity index is 1.57. The third kappa shape index (κ3) is 7.54. The molecule has 7 heteroatoms. The lowest BCUT2D eigenvalue weighted by Gasteiger charge is -2.36. The standard InChI is InChI=1S/C33H42INO4Si/c1-24-30(18-13-25-11-8-12-27(34)21-25)39-31(33(24)40(3,4)29-16-14-28(38-2)15-17-29)22-32(37)35(19-20-36)23-26-9-6-5-7-10-26/h5-12,14-17,21,24,30-31,33,36H,13,18-20,22-23H2,1-4H3/t24-,30+,31-,33+/m0/s1. The molecule has 0 radical (unpaired) electrons. The van der Waals surface area contributed by atoms with Crippen molar-refractivity contribution in [3.05, 3.63) is 93.6 Å². The van der Waals surface area contributed by atoms with Gasteiger partial charge in [-0.25, -0.2) is 0 Å². The number of carbonyl (C=O) groups is 1. The number of aliphatic hydroxyl groups excluding tert-OH is 1. The first-order chi connectivity index (χ1) is 19.2. The van der Waals surface area contributed by atoms with Gasteiger partial charge in [0, 0.05) is 16.7 Å². The van der Waals surface area contributed by atoms with Gasteiger partial charge in [-0.2, -0.15) is 0 Å². The molecule has 1 saturated heterocycles. The largest absolute Gasteiger partial charge is 0.497 e. The van der Waals surface area contributed by atoms with Gasteiger partial charge in [0.05, 0.1) is 40.4 Å². The summed E-state index contributed by atoms with van der Waals surface area (Å²) in [6.07, 6.45) is 2.14. The Morgan fingerprint density at radius 2 is 1.70 bits per heavy atom. The van der Waals surface area contributed by atoms with Gasteiger partial charge in [0.15, 0.2) is 0 Å². The molecule has 0 spiro atoms. The SMILES string of the molecule is COc1ccc([Si](C)(C)[C@@H]2[C@@H](C)[C@@H](CCc3cccc(I)c3)O[C@H]2CC(=O)N(CCO)Cc2ccccc2)cc1. The number of aryl methyl sites for hydroxylation is 1. The highest BCUT2D eigenvalue weighted by atomic mass is 127. The number of nitrogens with zero attached hydrogens (tertiary/aromatic N) is 1. The Kier molecular flexibility index (Phi) is 10.9. The number of carbonyl (C=O) groups excluding carboxylic acids is 1. The second-order valence-corrected chi connectivity index (χ2v) is 17.4. The first-order valence-corrected chi connectivity index (χ1v) is 18.4. The number of benzene rings is 3. The Morgan fingerprint density at radius 1 is 1.00 bits per heavy atom. The lowest BCUT2D eigenvalue weighted by Crippen LogP contribution is -2.51. The summed E-state index contributed by atoms with van der Waals surface area (Å²) >= 11 is 2.36. The fourth-order valence-corrected chi connectivity index (χ4v) is 11.0. The van der Waals surface area contributed by atoms with Crippen molar-refractivity contribution in [1.82, 2.24) is 4.90 Å². The highest BCUT2D eigenvalue weighted by molar-refractivity contribution is 14.1. The number of ether oxygens (including phenoxy) is 2. The zero-order valence-electron chi connectivity index (χ0n) is 24.1. The summed E-state index contributed by atoms with van der Waals surface area (Å²) in [4.78, 5) is 15.5. The van der Waals surface area contributed by atoms with Crippen LogP contribution >= 0.6 is 22.6 Å². The molecule has 0 unspecified atom stereocenters. The van der Waals surface area contributed by atoms with Gasteiger partial charge in [-0.15, -0.1) is 0 Å². The summed E-state index contributed by atoms with van der Waals surface area (Å²) in [5.74, 6) is 1.22. The van der Waals surface area contributed by atoms with Gasteiger partial charge < -0.3 is 19.5 Å². The van der Waals surface area contributed by atoms with Gasteiger partial charge in [0.25, 0.3) is 0 Å². The van der Waals surface area contributed by atoms with Crippen molar-refractivity contribution < 1.29 is 19.4 Å². The number of amides is 1. The maximum Gasteiger partial charge on any atom is 0.225 e. The smallest absolute Gasteiger partial charge is 0.225 e. The molecule has 0 saturated carbocycles. The first kappa shape index (κ1) is 30.7. The van der Waals surface area contributed by atoms with Crippen LogP contribution in [0.4, 0.5) is 0 Å². The van der Waals surface area contributed by atoms with E-state index >= 15 is 0 Å². The van der Waals surface area contributed by atoms with Crippen LogP contribution in [0, 0.1) is 9.49 Å². The number of aliphatic hydroxyl groups is 1. The second kappa shape index (κ2) is 14.1. The van der Waals surface area contributed by atoms with E-state index in [-0.39, 0.29) is 30.3 Å². The third-order valence-electron chi connectivity index (χ3n) is 8.49. The van der Waals surface area contributed by atoms with E-state index in [1.54, 1.807) is 12.0 Å². The van der Waals surface area contributed by atoms with Crippen LogP contribution in [0.15, 0.2) is 78.9 Å². The number of hydrogen-bond donors (Lipinski definition) is 1. The van der Waals surface area contributed by atoms with Crippen molar-refractivity contribution in [3.8, 4) is 5.75 Å². The van der Waals surface area contributed by atoms with Gasteiger partial charge in [0.1, 0.15) is 5.75 Å². The molecule has 0 aromatic heterocycles. The van der Waals surface area contributed by atoms with Gasteiger partial charge in [0.2, 0.25) is 5.91 Å². The topological polar surface area (TPSA) is 59.0 Å². The molecule has 1 N–H and O–H groups in total. The predicted octanol–water partition coefficient (Wildman–Crippen LogP) is 6.03. The molecular weight excluding hydrogens is 629 g/mol. The summed E-state index contributed by atoms with van der Waals surface area (Å²) in [6.45, 7) is 7.89. The minimum absolute atomic E-state index is 0.0397. The Bertz CT molecular complexity index is 1240. The minimum atomic E-state index is -2.06. The van der Waals surface area contributed by atoms with E-state index in [1.807, 2.05) is 42.5 Å². The molecule has 40 heavy (non-hydrogen) atoms. The monoisotopic (exact) mass is 671 g/mol. The summed E-state index contributed by atoms with van der Waals surface area (Å²) in [5.41, 5.74) is 2.66. The van der Waals surface area contributed by atoms with Gasteiger partial charge >= 0.3 is 0 Å². The van der Waals surface area contributed by atoms with E-state index in [4.69, 9.17) is 9.47 Å². The fourth-order valence-electron chi connectivity index (χ4n) is 6.36. The van der Waals surface area contributed by atoms with E-state index in [0.29, 0.717) is 25.4 Å². The first-order valence-electron chi connectivity index (χ1n) is 14.2. The summed E-state index contributed by atoms with van der Waals surface area (Å²) < 4.78 is 13.5.